The highest BCUT2D eigenvalue weighted by Crippen LogP contribution is 0.755. The van der Waals surface area contributed by atoms with E-state index in [1.54, 1.807) is 0 Å². The fourth-order valence-corrected chi connectivity index (χ4v) is 0. The van der Waals surface area contributed by atoms with Crippen LogP contribution in [0, 0.1) is 0 Å². The molecule has 0 aliphatic heterocycles. The third kappa shape index (κ3) is 69.3. The number of hydrogen-bond acceptors (Lipinski definition) is 1. The SMILES string of the molecule is CO.Cl.Cl.Cl.Cl. The van der Waals surface area contributed by atoms with Gasteiger partial charge in [-0.3, -0.25) is 0 Å². The summed E-state index contributed by atoms with van der Waals surface area (Å²) in [5.74, 6) is 0. The summed E-state index contributed by atoms with van der Waals surface area (Å²) < 4.78 is 0. The largest absolute Gasteiger partial charge is 0.400 e. The summed E-state index contributed by atoms with van der Waals surface area (Å²) in [4.78, 5) is 0. The van der Waals surface area contributed by atoms with Crippen LogP contribution in [0.2, 0.25) is 0 Å². The van der Waals surface area contributed by atoms with Crippen LogP contribution in [0.1, 0.15) is 0 Å². The Morgan fingerprint density at radius 1 is 0.667 bits per heavy atom. The number of halogens is 4. The normalized spacial score (nSPS) is 1.00. The van der Waals surface area contributed by atoms with Crippen molar-refractivity contribution >= 4 is 49.6 Å². The fourth-order valence-electron chi connectivity index (χ4n) is 0. The first kappa shape index (κ1) is 59.3. The lowest BCUT2D eigenvalue weighted by Gasteiger charge is -1.21. The van der Waals surface area contributed by atoms with Crippen LogP contribution in [0.15, 0.2) is 0 Å². The monoisotopic (exact) mass is 176 g/mol. The Morgan fingerprint density at radius 3 is 0.667 bits per heavy atom. The molecule has 0 aliphatic rings. The van der Waals surface area contributed by atoms with Crippen LogP contribution in [-0.2, 0) is 0 Å². The molecule has 46 valence electrons. The maximum absolute atomic E-state index is 7.00. The van der Waals surface area contributed by atoms with Gasteiger partial charge >= 0.3 is 0 Å². The van der Waals surface area contributed by atoms with E-state index >= 15 is 0 Å². The minimum absolute atomic E-state index is 0. The zero-order valence-corrected chi connectivity index (χ0v) is 6.35. The molecule has 0 rings (SSSR count). The Balaban J connectivity index is -0.000000000833. The summed E-state index contributed by atoms with van der Waals surface area (Å²) in [6.07, 6.45) is 0. The molecule has 0 aromatic carbocycles. The molecule has 1 nitrogen and oxygen atoms in total. The highest BCUT2D eigenvalue weighted by atomic mass is 35.5. The van der Waals surface area contributed by atoms with Crippen molar-refractivity contribution in [1.82, 2.24) is 0 Å². The quantitative estimate of drug-likeness (QED) is 0.592. The smallest absolute Gasteiger partial charge is 0.0319 e. The molecule has 1 N–H and O–H groups in total. The second-order valence-electron chi connectivity index (χ2n) is 0. The van der Waals surface area contributed by atoms with E-state index in [2.05, 4.69) is 0 Å². The van der Waals surface area contributed by atoms with E-state index in [9.17, 15) is 0 Å². The first-order chi connectivity index (χ1) is 1.00. The van der Waals surface area contributed by atoms with Gasteiger partial charge in [-0.05, 0) is 0 Å². The van der Waals surface area contributed by atoms with E-state index in [4.69, 9.17) is 5.11 Å². The Hall–Kier alpha value is 1.12. The maximum atomic E-state index is 7.00. The van der Waals surface area contributed by atoms with Gasteiger partial charge in [0.25, 0.3) is 0 Å². The fraction of sp³-hybridized carbons (Fsp3) is 1.00. The molecule has 0 unspecified atom stereocenters. The second kappa shape index (κ2) is 128. The molecule has 5 heteroatoms. The maximum Gasteiger partial charge on any atom is 0.0319 e. The number of aliphatic hydroxyl groups is 1. The molecule has 6 heavy (non-hydrogen) atoms. The summed E-state index contributed by atoms with van der Waals surface area (Å²) >= 11 is 0. The minimum Gasteiger partial charge on any atom is -0.400 e. The first-order valence-electron chi connectivity index (χ1n) is 0.447. The van der Waals surface area contributed by atoms with Crippen LogP contribution in [-0.4, -0.2) is 12.2 Å². The van der Waals surface area contributed by atoms with Crippen LogP contribution in [0.5, 0.6) is 0 Å². The highest BCUT2D eigenvalue weighted by molar-refractivity contribution is 5.86. The van der Waals surface area contributed by atoms with Gasteiger partial charge in [-0.2, -0.15) is 0 Å². The third-order valence-electron chi connectivity index (χ3n) is 0. The van der Waals surface area contributed by atoms with Crippen molar-refractivity contribution in [2.24, 2.45) is 0 Å². The molecule has 0 amide bonds. The van der Waals surface area contributed by atoms with Gasteiger partial charge < -0.3 is 5.11 Å². The van der Waals surface area contributed by atoms with Gasteiger partial charge in [-0.1, -0.05) is 0 Å². The average molecular weight is 178 g/mol. The van der Waals surface area contributed by atoms with E-state index in [0.717, 1.165) is 7.11 Å². The van der Waals surface area contributed by atoms with Gasteiger partial charge in [0.05, 0.1) is 0 Å². The summed E-state index contributed by atoms with van der Waals surface area (Å²) in [5, 5.41) is 7.00. The molecule has 0 aliphatic carbocycles. The lowest BCUT2D eigenvalue weighted by atomic mass is 11.8. The Morgan fingerprint density at radius 2 is 0.667 bits per heavy atom. The van der Waals surface area contributed by atoms with Crippen molar-refractivity contribution in [3.63, 3.8) is 0 Å². The minimum atomic E-state index is 0. The van der Waals surface area contributed by atoms with E-state index < -0.39 is 0 Å². The third-order valence-corrected chi connectivity index (χ3v) is 0. The summed E-state index contributed by atoms with van der Waals surface area (Å²) in [6, 6.07) is 0. The molecule has 0 aromatic heterocycles. The summed E-state index contributed by atoms with van der Waals surface area (Å²) in [7, 11) is 1.00. The zero-order chi connectivity index (χ0) is 2.00. The lowest BCUT2D eigenvalue weighted by Crippen LogP contribution is -1.25. The van der Waals surface area contributed by atoms with Gasteiger partial charge in [-0.15, -0.1) is 49.6 Å². The molecule has 0 saturated carbocycles. The van der Waals surface area contributed by atoms with Crippen molar-refractivity contribution in [1.29, 1.82) is 0 Å². The first-order valence-corrected chi connectivity index (χ1v) is 0.447. The van der Waals surface area contributed by atoms with Gasteiger partial charge in [0.1, 0.15) is 0 Å². The molecule has 0 radical (unpaired) electrons. The second-order valence-corrected chi connectivity index (χ2v) is 0. The predicted molar refractivity (Wildman–Crippen MR) is 37.1 cm³/mol. The molecular formula is CH8Cl4O. The molecule has 0 fully saturated rings. The lowest BCUT2D eigenvalue weighted by molar-refractivity contribution is 0.399. The van der Waals surface area contributed by atoms with Crippen LogP contribution in [0.3, 0.4) is 0 Å². The van der Waals surface area contributed by atoms with Crippen LogP contribution in [0.25, 0.3) is 0 Å². The molecule has 0 heterocycles. The summed E-state index contributed by atoms with van der Waals surface area (Å²) in [5.41, 5.74) is 0. The van der Waals surface area contributed by atoms with Crippen LogP contribution >= 0.6 is 49.6 Å². The average Bonchev–Trinajstić information content (AvgIpc) is 1.00. The van der Waals surface area contributed by atoms with E-state index in [1.165, 1.54) is 0 Å². The Labute approximate surface area is 62.1 Å². The molecule has 0 spiro atoms. The molecule has 0 aromatic rings. The number of rotatable bonds is 0. The molecule has 0 saturated heterocycles. The Bertz CT molecular complexity index is 7.51. The van der Waals surface area contributed by atoms with Crippen molar-refractivity contribution in [2.75, 3.05) is 7.11 Å². The van der Waals surface area contributed by atoms with Crippen LogP contribution < -0.4 is 0 Å². The van der Waals surface area contributed by atoms with Crippen molar-refractivity contribution < 1.29 is 5.11 Å². The molecular weight excluding hydrogens is 170 g/mol. The highest BCUT2D eigenvalue weighted by Gasteiger charge is 0.839. The van der Waals surface area contributed by atoms with Crippen molar-refractivity contribution in [3.05, 3.63) is 0 Å². The van der Waals surface area contributed by atoms with E-state index in [-0.39, 0.29) is 49.6 Å². The molecule has 0 bridgehead atoms. The van der Waals surface area contributed by atoms with Crippen molar-refractivity contribution in [3.8, 4) is 0 Å². The topological polar surface area (TPSA) is 20.2 Å². The van der Waals surface area contributed by atoms with E-state index in [0.29, 0.717) is 0 Å². The van der Waals surface area contributed by atoms with E-state index in [1.807, 2.05) is 0 Å². The number of aliphatic hydroxyl groups excluding tert-OH is 1. The van der Waals surface area contributed by atoms with Crippen LogP contribution in [0.4, 0.5) is 0 Å². The van der Waals surface area contributed by atoms with Gasteiger partial charge in [0.15, 0.2) is 0 Å². The Kier molecular flexibility index (Phi) is 1260. The predicted octanol–water partition coefficient (Wildman–Crippen LogP) is 1.30. The number of hydrogen-bond donors (Lipinski definition) is 1. The van der Waals surface area contributed by atoms with Gasteiger partial charge in [0, 0.05) is 7.11 Å². The molecule has 0 atom stereocenters. The zero-order valence-electron chi connectivity index (χ0n) is 3.08. The summed E-state index contributed by atoms with van der Waals surface area (Å²) in [6.45, 7) is 0. The standard InChI is InChI=1S/CH4O.4ClH/c1-2;;;;/h2H,1H3;4*1H. The van der Waals surface area contributed by atoms with Crippen molar-refractivity contribution in [2.45, 2.75) is 0 Å². The van der Waals surface area contributed by atoms with Gasteiger partial charge in [-0.25, -0.2) is 0 Å². The van der Waals surface area contributed by atoms with Gasteiger partial charge in [0.2, 0.25) is 0 Å².